The summed E-state index contributed by atoms with van der Waals surface area (Å²) in [5.74, 6) is -0.137. The molecule has 1 saturated carbocycles. The molecule has 0 radical (unpaired) electrons. The first-order chi connectivity index (χ1) is 9.29. The van der Waals surface area contributed by atoms with Gasteiger partial charge in [-0.1, -0.05) is 32.6 Å². The third-order valence-corrected chi connectivity index (χ3v) is 3.40. The normalized spacial score (nSPS) is 16.3. The van der Waals surface area contributed by atoms with E-state index in [-0.39, 0.29) is 11.8 Å². The van der Waals surface area contributed by atoms with Crippen molar-refractivity contribution in [2.24, 2.45) is 0 Å². The predicted molar refractivity (Wildman–Crippen MR) is 72.9 cm³/mol. The van der Waals surface area contributed by atoms with Gasteiger partial charge in [0.1, 0.15) is 0 Å². The van der Waals surface area contributed by atoms with Crippen molar-refractivity contribution in [1.82, 2.24) is 9.97 Å². The molecule has 19 heavy (non-hydrogen) atoms. The van der Waals surface area contributed by atoms with E-state index in [9.17, 15) is 4.39 Å². The average molecular weight is 267 g/mol. The van der Waals surface area contributed by atoms with Crippen molar-refractivity contribution in [2.75, 3.05) is 11.9 Å². The van der Waals surface area contributed by atoms with E-state index >= 15 is 0 Å². The van der Waals surface area contributed by atoms with Crippen molar-refractivity contribution in [2.45, 2.75) is 57.9 Å². The fourth-order valence-electron chi connectivity index (χ4n) is 2.27. The topological polar surface area (TPSA) is 47.0 Å². The van der Waals surface area contributed by atoms with Crippen molar-refractivity contribution < 1.29 is 9.13 Å². The van der Waals surface area contributed by atoms with Crippen LogP contribution in [0.15, 0.2) is 6.20 Å². The van der Waals surface area contributed by atoms with Crippen LogP contribution in [0.25, 0.3) is 0 Å². The van der Waals surface area contributed by atoms with Crippen LogP contribution in [-0.4, -0.2) is 22.6 Å². The van der Waals surface area contributed by atoms with Crippen molar-refractivity contribution in [3.63, 3.8) is 0 Å². The standard InChI is InChI=1S/C14H22FN3O/c1-2-3-9-19-14-16-10-12(15)13(18-14)17-11-7-5-4-6-8-11/h10-11H,2-9H2,1H3,(H,16,17,18). The summed E-state index contributed by atoms with van der Waals surface area (Å²) in [5, 5.41) is 3.17. The van der Waals surface area contributed by atoms with Gasteiger partial charge in [0.2, 0.25) is 0 Å². The lowest BCUT2D eigenvalue weighted by Gasteiger charge is -2.23. The van der Waals surface area contributed by atoms with Gasteiger partial charge in [-0.05, 0) is 19.3 Å². The molecule has 0 saturated heterocycles. The first-order valence-corrected chi connectivity index (χ1v) is 7.21. The maximum absolute atomic E-state index is 13.7. The Hall–Kier alpha value is -1.39. The number of hydrogen-bond acceptors (Lipinski definition) is 4. The molecule has 1 heterocycles. The van der Waals surface area contributed by atoms with Crippen LogP contribution >= 0.6 is 0 Å². The summed E-state index contributed by atoms with van der Waals surface area (Å²) in [5.41, 5.74) is 0. The highest BCUT2D eigenvalue weighted by atomic mass is 19.1. The monoisotopic (exact) mass is 267 g/mol. The Kier molecular flexibility index (Phi) is 5.36. The summed E-state index contributed by atoms with van der Waals surface area (Å²) in [6.07, 6.45) is 9.01. The molecule has 1 aromatic heterocycles. The van der Waals surface area contributed by atoms with Crippen molar-refractivity contribution in [3.05, 3.63) is 12.0 Å². The number of ether oxygens (including phenoxy) is 1. The minimum absolute atomic E-state index is 0.258. The number of nitrogens with one attached hydrogen (secondary N) is 1. The lowest BCUT2D eigenvalue weighted by molar-refractivity contribution is 0.284. The van der Waals surface area contributed by atoms with E-state index in [2.05, 4.69) is 22.2 Å². The van der Waals surface area contributed by atoms with Crippen LogP contribution in [0.5, 0.6) is 6.01 Å². The van der Waals surface area contributed by atoms with Gasteiger partial charge in [0.15, 0.2) is 11.6 Å². The molecule has 4 nitrogen and oxygen atoms in total. The van der Waals surface area contributed by atoms with E-state index in [0.29, 0.717) is 12.6 Å². The number of anilines is 1. The Morgan fingerprint density at radius 3 is 2.89 bits per heavy atom. The maximum Gasteiger partial charge on any atom is 0.318 e. The quantitative estimate of drug-likeness (QED) is 0.801. The Morgan fingerprint density at radius 1 is 1.37 bits per heavy atom. The smallest absolute Gasteiger partial charge is 0.318 e. The largest absolute Gasteiger partial charge is 0.463 e. The highest BCUT2D eigenvalue weighted by Crippen LogP contribution is 2.22. The second-order valence-corrected chi connectivity index (χ2v) is 5.03. The predicted octanol–water partition coefficient (Wildman–Crippen LogP) is 3.54. The molecule has 1 aromatic rings. The highest BCUT2D eigenvalue weighted by Gasteiger charge is 2.16. The number of nitrogens with zero attached hydrogens (tertiary/aromatic N) is 2. The fourth-order valence-corrected chi connectivity index (χ4v) is 2.27. The van der Waals surface area contributed by atoms with Crippen LogP contribution in [0.1, 0.15) is 51.9 Å². The zero-order chi connectivity index (χ0) is 13.5. The van der Waals surface area contributed by atoms with Crippen molar-refractivity contribution in [3.8, 4) is 6.01 Å². The van der Waals surface area contributed by atoms with Crippen LogP contribution in [0, 0.1) is 5.82 Å². The van der Waals surface area contributed by atoms with E-state index in [1.807, 2.05) is 0 Å². The van der Waals surface area contributed by atoms with Crippen molar-refractivity contribution >= 4 is 5.82 Å². The molecule has 0 atom stereocenters. The molecule has 1 aliphatic rings. The number of rotatable bonds is 6. The minimum Gasteiger partial charge on any atom is -0.463 e. The fraction of sp³-hybridized carbons (Fsp3) is 0.714. The molecule has 0 aromatic carbocycles. The van der Waals surface area contributed by atoms with Crippen molar-refractivity contribution in [1.29, 1.82) is 0 Å². The summed E-state index contributed by atoms with van der Waals surface area (Å²) in [6, 6.07) is 0.579. The second-order valence-electron chi connectivity index (χ2n) is 5.03. The molecule has 0 amide bonds. The number of halogens is 1. The lowest BCUT2D eigenvalue weighted by Crippen LogP contribution is -2.23. The van der Waals surface area contributed by atoms with Gasteiger partial charge in [-0.2, -0.15) is 4.98 Å². The molecule has 0 spiro atoms. The van der Waals surface area contributed by atoms with E-state index in [1.165, 1.54) is 25.5 Å². The van der Waals surface area contributed by atoms with Gasteiger partial charge in [-0.3, -0.25) is 0 Å². The SMILES string of the molecule is CCCCOc1ncc(F)c(NC2CCCCC2)n1. The Bertz CT molecular complexity index is 394. The zero-order valence-corrected chi connectivity index (χ0v) is 11.5. The molecule has 1 N–H and O–H groups in total. The van der Waals surface area contributed by atoms with Crippen LogP contribution in [0.2, 0.25) is 0 Å². The summed E-state index contributed by atoms with van der Waals surface area (Å²) in [4.78, 5) is 7.97. The zero-order valence-electron chi connectivity index (χ0n) is 11.5. The Morgan fingerprint density at radius 2 is 2.16 bits per heavy atom. The minimum atomic E-state index is -0.409. The molecular weight excluding hydrogens is 245 g/mol. The van der Waals surface area contributed by atoms with Gasteiger partial charge in [0, 0.05) is 6.04 Å². The maximum atomic E-state index is 13.7. The van der Waals surface area contributed by atoms with Gasteiger partial charge >= 0.3 is 6.01 Å². The first-order valence-electron chi connectivity index (χ1n) is 7.21. The van der Waals surface area contributed by atoms with E-state index < -0.39 is 5.82 Å². The molecule has 2 rings (SSSR count). The average Bonchev–Trinajstić information content (AvgIpc) is 2.44. The molecule has 0 unspecified atom stereocenters. The Balaban J connectivity index is 1.95. The van der Waals surface area contributed by atoms with Crippen LogP contribution in [0.3, 0.4) is 0 Å². The summed E-state index contributed by atoms with van der Waals surface area (Å²) < 4.78 is 19.1. The molecule has 1 fully saturated rings. The van der Waals surface area contributed by atoms with Crippen LogP contribution in [0.4, 0.5) is 10.2 Å². The van der Waals surface area contributed by atoms with Crippen LogP contribution in [-0.2, 0) is 0 Å². The molecule has 0 bridgehead atoms. The highest BCUT2D eigenvalue weighted by molar-refractivity contribution is 5.37. The van der Waals surface area contributed by atoms with E-state index in [0.717, 1.165) is 25.7 Å². The molecule has 106 valence electrons. The van der Waals surface area contributed by atoms with E-state index in [4.69, 9.17) is 4.74 Å². The van der Waals surface area contributed by atoms with Gasteiger partial charge in [-0.25, -0.2) is 9.37 Å². The molecule has 5 heteroatoms. The summed E-state index contributed by atoms with van der Waals surface area (Å²) in [7, 11) is 0. The van der Waals surface area contributed by atoms with Gasteiger partial charge < -0.3 is 10.1 Å². The first kappa shape index (κ1) is 14.0. The van der Waals surface area contributed by atoms with Gasteiger partial charge in [0.25, 0.3) is 0 Å². The summed E-state index contributed by atoms with van der Waals surface area (Å²) >= 11 is 0. The third-order valence-electron chi connectivity index (χ3n) is 3.40. The van der Waals surface area contributed by atoms with Gasteiger partial charge in [-0.15, -0.1) is 0 Å². The second kappa shape index (κ2) is 7.26. The molecular formula is C14H22FN3O. The number of unbranched alkanes of at least 4 members (excludes halogenated alkanes) is 1. The summed E-state index contributed by atoms with van der Waals surface area (Å²) in [6.45, 7) is 2.66. The number of aromatic nitrogens is 2. The Labute approximate surface area is 113 Å². The number of hydrogen-bond donors (Lipinski definition) is 1. The lowest BCUT2D eigenvalue weighted by atomic mass is 9.95. The van der Waals surface area contributed by atoms with Gasteiger partial charge in [0.05, 0.1) is 12.8 Å². The molecule has 1 aliphatic carbocycles. The molecule has 0 aliphatic heterocycles. The third kappa shape index (κ3) is 4.33. The van der Waals surface area contributed by atoms with E-state index in [1.54, 1.807) is 0 Å². The van der Waals surface area contributed by atoms with Crippen LogP contribution < -0.4 is 10.1 Å².